The van der Waals surface area contributed by atoms with Gasteiger partial charge in [0.2, 0.25) is 0 Å². The Bertz CT molecular complexity index is 382. The Morgan fingerprint density at radius 1 is 1.29 bits per heavy atom. The van der Waals surface area contributed by atoms with Crippen LogP contribution in [0, 0.1) is 6.92 Å². The zero-order valence-corrected chi connectivity index (χ0v) is 8.96. The second-order valence-electron chi connectivity index (χ2n) is 4.28. The van der Waals surface area contributed by atoms with Gasteiger partial charge < -0.3 is 0 Å². The van der Waals surface area contributed by atoms with Crippen LogP contribution in [0.15, 0.2) is 29.4 Å². The van der Waals surface area contributed by atoms with Gasteiger partial charge in [-0.2, -0.15) is 5.10 Å². The van der Waals surface area contributed by atoms with Crippen LogP contribution in [0.3, 0.4) is 0 Å². The van der Waals surface area contributed by atoms with Crippen molar-refractivity contribution in [1.29, 1.82) is 0 Å². The lowest BCUT2D eigenvalue weighted by Crippen LogP contribution is -2.32. The van der Waals surface area contributed by atoms with Crippen LogP contribution in [0.5, 0.6) is 0 Å². The summed E-state index contributed by atoms with van der Waals surface area (Å²) < 4.78 is 0. The molecule has 0 fully saturated rings. The van der Waals surface area contributed by atoms with E-state index in [9.17, 15) is 0 Å². The van der Waals surface area contributed by atoms with E-state index in [4.69, 9.17) is 0 Å². The molecule has 1 unspecified atom stereocenters. The van der Waals surface area contributed by atoms with Gasteiger partial charge in [-0.15, -0.1) is 0 Å². The Morgan fingerprint density at radius 2 is 2.00 bits per heavy atom. The zero-order valence-electron chi connectivity index (χ0n) is 8.96. The van der Waals surface area contributed by atoms with Crippen molar-refractivity contribution in [2.45, 2.75) is 32.7 Å². The van der Waals surface area contributed by atoms with Crippen LogP contribution in [-0.4, -0.2) is 5.71 Å². The average Bonchev–Trinajstić information content (AvgIpc) is 2.48. The first-order chi connectivity index (χ1) is 6.62. The summed E-state index contributed by atoms with van der Waals surface area (Å²) in [5.74, 6) is 0. The van der Waals surface area contributed by atoms with Crippen LogP contribution in [0.2, 0.25) is 0 Å². The van der Waals surface area contributed by atoms with Crippen molar-refractivity contribution in [2.75, 3.05) is 0 Å². The van der Waals surface area contributed by atoms with Gasteiger partial charge in [0.1, 0.15) is 0 Å². The fourth-order valence-electron chi connectivity index (χ4n) is 2.16. The van der Waals surface area contributed by atoms with Gasteiger partial charge in [0.25, 0.3) is 0 Å². The predicted molar refractivity (Wildman–Crippen MR) is 59.4 cm³/mol. The minimum Gasteiger partial charge on any atom is -0.299 e. The molecule has 0 amide bonds. The van der Waals surface area contributed by atoms with Crippen molar-refractivity contribution in [3.8, 4) is 0 Å². The van der Waals surface area contributed by atoms with Crippen molar-refractivity contribution in [1.82, 2.24) is 5.43 Å². The van der Waals surface area contributed by atoms with Crippen molar-refractivity contribution in [2.24, 2.45) is 5.10 Å². The molecule has 1 aliphatic heterocycles. The molecular formula is C12H16N2. The van der Waals surface area contributed by atoms with Crippen molar-refractivity contribution in [3.63, 3.8) is 0 Å². The number of hydrogen-bond donors (Lipinski definition) is 1. The van der Waals surface area contributed by atoms with E-state index in [0.717, 1.165) is 6.42 Å². The van der Waals surface area contributed by atoms with Gasteiger partial charge in [-0.3, -0.25) is 5.43 Å². The van der Waals surface area contributed by atoms with E-state index in [-0.39, 0.29) is 5.54 Å². The van der Waals surface area contributed by atoms with Crippen LogP contribution in [-0.2, 0) is 5.54 Å². The Labute approximate surface area is 85.0 Å². The maximum atomic E-state index is 4.27. The van der Waals surface area contributed by atoms with E-state index in [1.54, 1.807) is 0 Å². The van der Waals surface area contributed by atoms with Crippen molar-refractivity contribution in [3.05, 3.63) is 35.4 Å². The van der Waals surface area contributed by atoms with Crippen LogP contribution in [0.25, 0.3) is 0 Å². The summed E-state index contributed by atoms with van der Waals surface area (Å²) in [5, 5.41) is 4.27. The van der Waals surface area contributed by atoms with E-state index in [2.05, 4.69) is 55.6 Å². The summed E-state index contributed by atoms with van der Waals surface area (Å²) >= 11 is 0. The number of hydrogen-bond acceptors (Lipinski definition) is 2. The molecule has 2 heteroatoms. The predicted octanol–water partition coefficient (Wildman–Crippen LogP) is 2.58. The Hall–Kier alpha value is -1.31. The lowest BCUT2D eigenvalue weighted by atomic mass is 9.86. The topological polar surface area (TPSA) is 24.4 Å². The third-order valence-corrected chi connectivity index (χ3v) is 2.84. The van der Waals surface area contributed by atoms with E-state index in [0.29, 0.717) is 0 Å². The molecule has 0 bridgehead atoms. The van der Waals surface area contributed by atoms with Crippen LogP contribution < -0.4 is 5.43 Å². The van der Waals surface area contributed by atoms with Crippen LogP contribution >= 0.6 is 0 Å². The summed E-state index contributed by atoms with van der Waals surface area (Å²) in [7, 11) is 0. The number of nitrogens with zero attached hydrogens (tertiary/aromatic N) is 1. The van der Waals surface area contributed by atoms with E-state index in [1.807, 2.05) is 0 Å². The second kappa shape index (κ2) is 3.12. The summed E-state index contributed by atoms with van der Waals surface area (Å²) in [6.07, 6.45) is 0.998. The van der Waals surface area contributed by atoms with Crippen LogP contribution in [0.4, 0.5) is 0 Å². The van der Waals surface area contributed by atoms with E-state index < -0.39 is 0 Å². The quantitative estimate of drug-likeness (QED) is 0.719. The molecule has 0 spiro atoms. The molecule has 74 valence electrons. The fraction of sp³-hybridized carbons (Fsp3) is 0.417. The molecule has 0 radical (unpaired) electrons. The summed E-state index contributed by atoms with van der Waals surface area (Å²) in [5.41, 5.74) is 7.07. The Morgan fingerprint density at radius 3 is 2.57 bits per heavy atom. The molecule has 1 aromatic carbocycles. The Kier molecular flexibility index (Phi) is 2.06. The molecule has 1 aliphatic rings. The van der Waals surface area contributed by atoms with Gasteiger partial charge in [0, 0.05) is 12.1 Å². The fourth-order valence-corrected chi connectivity index (χ4v) is 2.16. The SMILES string of the molecule is CC1=NNC(C)(c2ccccc2C)C1. The summed E-state index contributed by atoms with van der Waals surface area (Å²) in [6, 6.07) is 8.49. The minimum absolute atomic E-state index is 0.00454. The molecule has 0 saturated heterocycles. The van der Waals surface area contributed by atoms with E-state index in [1.165, 1.54) is 16.8 Å². The lowest BCUT2D eigenvalue weighted by Gasteiger charge is -2.26. The first-order valence-corrected chi connectivity index (χ1v) is 4.98. The summed E-state index contributed by atoms with van der Waals surface area (Å²) in [4.78, 5) is 0. The van der Waals surface area contributed by atoms with Gasteiger partial charge in [0.15, 0.2) is 0 Å². The lowest BCUT2D eigenvalue weighted by molar-refractivity contribution is 0.419. The number of rotatable bonds is 1. The van der Waals surface area contributed by atoms with Gasteiger partial charge >= 0.3 is 0 Å². The van der Waals surface area contributed by atoms with Gasteiger partial charge in [-0.05, 0) is 31.9 Å². The standard InChI is InChI=1S/C12H16N2/c1-9-6-4-5-7-11(9)12(3)8-10(2)13-14-12/h4-7,14H,8H2,1-3H3. The third-order valence-electron chi connectivity index (χ3n) is 2.84. The maximum Gasteiger partial charge on any atom is 0.0824 e. The highest BCUT2D eigenvalue weighted by Gasteiger charge is 2.32. The monoisotopic (exact) mass is 188 g/mol. The number of hydrazone groups is 1. The first-order valence-electron chi connectivity index (χ1n) is 4.98. The number of nitrogens with one attached hydrogen (secondary N) is 1. The molecule has 0 saturated carbocycles. The molecule has 1 heterocycles. The largest absolute Gasteiger partial charge is 0.299 e. The smallest absolute Gasteiger partial charge is 0.0824 e. The van der Waals surface area contributed by atoms with Gasteiger partial charge in [-0.1, -0.05) is 24.3 Å². The molecule has 2 nitrogen and oxygen atoms in total. The zero-order chi connectivity index (χ0) is 10.2. The molecule has 2 rings (SSSR count). The van der Waals surface area contributed by atoms with Crippen LogP contribution in [0.1, 0.15) is 31.4 Å². The molecule has 14 heavy (non-hydrogen) atoms. The highest BCUT2D eigenvalue weighted by molar-refractivity contribution is 5.84. The number of aryl methyl sites for hydroxylation is 1. The molecule has 1 N–H and O–H groups in total. The Balaban J connectivity index is 2.37. The molecular weight excluding hydrogens is 172 g/mol. The van der Waals surface area contributed by atoms with Gasteiger partial charge in [-0.25, -0.2) is 0 Å². The van der Waals surface area contributed by atoms with Crippen molar-refractivity contribution < 1.29 is 0 Å². The highest BCUT2D eigenvalue weighted by Crippen LogP contribution is 2.30. The summed E-state index contributed by atoms with van der Waals surface area (Å²) in [6.45, 7) is 6.42. The molecule has 1 aromatic rings. The number of benzene rings is 1. The normalized spacial score (nSPS) is 25.8. The molecule has 0 aromatic heterocycles. The molecule has 1 atom stereocenters. The van der Waals surface area contributed by atoms with E-state index >= 15 is 0 Å². The second-order valence-corrected chi connectivity index (χ2v) is 4.28. The average molecular weight is 188 g/mol. The van der Waals surface area contributed by atoms with Crippen molar-refractivity contribution >= 4 is 5.71 Å². The molecule has 0 aliphatic carbocycles. The van der Waals surface area contributed by atoms with Gasteiger partial charge in [0.05, 0.1) is 5.54 Å². The first kappa shape index (κ1) is 9.25. The third kappa shape index (κ3) is 1.41. The maximum absolute atomic E-state index is 4.27. The highest BCUT2D eigenvalue weighted by atomic mass is 15.4. The minimum atomic E-state index is -0.00454.